The van der Waals surface area contributed by atoms with E-state index in [0.29, 0.717) is 19.5 Å². The van der Waals surface area contributed by atoms with Crippen LogP contribution in [-0.2, 0) is 20.9 Å². The van der Waals surface area contributed by atoms with Gasteiger partial charge in [-0.1, -0.05) is 96.4 Å². The summed E-state index contributed by atoms with van der Waals surface area (Å²) in [6.07, 6.45) is 3.52. The molecule has 39 heavy (non-hydrogen) atoms. The van der Waals surface area contributed by atoms with E-state index in [4.69, 9.17) is 0 Å². The molecule has 3 heterocycles. The Hall–Kier alpha value is -2.36. The lowest BCUT2D eigenvalue weighted by Gasteiger charge is -2.37. The number of alkyl halides is 1. The first-order valence-corrected chi connectivity index (χ1v) is 15.6. The topological polar surface area (TPSA) is 98.7 Å². The molecule has 3 saturated heterocycles. The standard InChI is InChI=1S/C30H36BrN3O4S/c1-2-3-10-15-32-28(37)26-30-16-21(31)25(39-30)23(27(36)33-17-19-11-6-4-7-12-19)24(30)29(38)34(26)22(18-35)20-13-8-5-9-14-20/h4-9,11-14,21-26,35H,2-3,10,15-18H2,1H3,(H,32,37)(H,33,36)/t21?,22-,23+,24+,25+,26?,30?/m1/s1. The average Bonchev–Trinajstić information content (AvgIpc) is 3.55. The molecule has 5 rings (SSSR count). The van der Waals surface area contributed by atoms with Crippen LogP contribution in [-0.4, -0.2) is 61.7 Å². The minimum Gasteiger partial charge on any atom is -0.394 e. The van der Waals surface area contributed by atoms with E-state index in [9.17, 15) is 19.5 Å². The molecule has 7 atom stereocenters. The number of unbranched alkanes of at least 4 members (excludes halogenated alkanes) is 2. The smallest absolute Gasteiger partial charge is 0.244 e. The third kappa shape index (κ3) is 5.13. The summed E-state index contributed by atoms with van der Waals surface area (Å²) < 4.78 is -0.748. The minimum atomic E-state index is -0.782. The number of nitrogens with zero attached hydrogens (tertiary/aromatic N) is 1. The molecular formula is C30H36BrN3O4S. The highest BCUT2D eigenvalue weighted by Gasteiger charge is 2.76. The monoisotopic (exact) mass is 613 g/mol. The molecule has 0 aromatic heterocycles. The summed E-state index contributed by atoms with van der Waals surface area (Å²) in [6, 6.07) is 17.6. The van der Waals surface area contributed by atoms with Crippen molar-refractivity contribution in [2.75, 3.05) is 13.2 Å². The fraction of sp³-hybridized carbons (Fsp3) is 0.500. The highest BCUT2D eigenvalue weighted by molar-refractivity contribution is 9.09. The summed E-state index contributed by atoms with van der Waals surface area (Å²) in [5.74, 6) is -1.79. The molecule has 7 nitrogen and oxygen atoms in total. The summed E-state index contributed by atoms with van der Waals surface area (Å²) in [5.41, 5.74) is 1.76. The van der Waals surface area contributed by atoms with Crippen molar-refractivity contribution in [1.29, 1.82) is 0 Å². The molecule has 3 N–H and O–H groups in total. The second-order valence-corrected chi connectivity index (χ2v) is 13.4. The lowest BCUT2D eigenvalue weighted by Crippen LogP contribution is -2.55. The molecule has 0 radical (unpaired) electrons. The molecule has 2 bridgehead atoms. The van der Waals surface area contributed by atoms with Crippen LogP contribution in [0.5, 0.6) is 0 Å². The fourth-order valence-electron chi connectivity index (χ4n) is 6.62. The lowest BCUT2D eigenvalue weighted by molar-refractivity contribution is -0.143. The van der Waals surface area contributed by atoms with Gasteiger partial charge in [0.05, 0.1) is 29.2 Å². The number of amides is 3. The Morgan fingerprint density at radius 1 is 1.08 bits per heavy atom. The largest absolute Gasteiger partial charge is 0.394 e. The van der Waals surface area contributed by atoms with Gasteiger partial charge >= 0.3 is 0 Å². The highest BCUT2D eigenvalue weighted by atomic mass is 79.9. The predicted molar refractivity (Wildman–Crippen MR) is 156 cm³/mol. The van der Waals surface area contributed by atoms with Crippen LogP contribution < -0.4 is 10.6 Å². The summed E-state index contributed by atoms with van der Waals surface area (Å²) in [6.45, 7) is 2.72. The lowest BCUT2D eigenvalue weighted by atomic mass is 9.70. The maximum atomic E-state index is 14.4. The number of hydrogen-bond donors (Lipinski definition) is 3. The Kier molecular flexibility index (Phi) is 8.69. The number of carbonyl (C=O) groups excluding carboxylic acids is 3. The van der Waals surface area contributed by atoms with Crippen molar-refractivity contribution < 1.29 is 19.5 Å². The number of thioether (sulfide) groups is 1. The number of fused-ring (bicyclic) bond motifs is 1. The van der Waals surface area contributed by atoms with Crippen molar-refractivity contribution in [2.24, 2.45) is 11.8 Å². The molecule has 3 unspecified atom stereocenters. The molecule has 3 aliphatic rings. The minimum absolute atomic E-state index is 0.00123. The number of aliphatic hydroxyl groups is 1. The number of rotatable bonds is 11. The molecule has 2 aromatic carbocycles. The second-order valence-electron chi connectivity index (χ2n) is 10.7. The van der Waals surface area contributed by atoms with E-state index in [0.717, 1.165) is 30.4 Å². The Bertz CT molecular complexity index is 1190. The van der Waals surface area contributed by atoms with Crippen LogP contribution in [0.3, 0.4) is 0 Å². The van der Waals surface area contributed by atoms with E-state index >= 15 is 0 Å². The van der Waals surface area contributed by atoms with Gasteiger partial charge in [-0.2, -0.15) is 0 Å². The van der Waals surface area contributed by atoms with E-state index < -0.39 is 28.7 Å². The van der Waals surface area contributed by atoms with Crippen LogP contribution in [0.15, 0.2) is 60.7 Å². The zero-order chi connectivity index (χ0) is 27.6. The first kappa shape index (κ1) is 28.2. The summed E-state index contributed by atoms with van der Waals surface area (Å²) in [5, 5.41) is 16.6. The third-order valence-corrected chi connectivity index (χ3v) is 11.6. The SMILES string of the molecule is CCCCCNC(=O)C1N([C@H](CO)c2ccccc2)C(=O)[C@@H]2[C@H](C(=O)NCc3ccccc3)[C@H]3SC12CC3Br. The van der Waals surface area contributed by atoms with E-state index in [1.807, 2.05) is 60.7 Å². The number of carbonyl (C=O) groups is 3. The van der Waals surface area contributed by atoms with Crippen molar-refractivity contribution in [1.82, 2.24) is 15.5 Å². The number of likely N-dealkylation sites (tertiary alicyclic amines) is 1. The van der Waals surface area contributed by atoms with E-state index in [-0.39, 0.29) is 34.4 Å². The molecule has 0 aliphatic carbocycles. The van der Waals surface area contributed by atoms with Crippen molar-refractivity contribution in [2.45, 2.75) is 66.1 Å². The molecule has 0 saturated carbocycles. The zero-order valence-corrected chi connectivity index (χ0v) is 24.5. The van der Waals surface area contributed by atoms with Gasteiger partial charge in [-0.05, 0) is 24.0 Å². The number of hydrogen-bond acceptors (Lipinski definition) is 5. The Morgan fingerprint density at radius 3 is 2.44 bits per heavy atom. The van der Waals surface area contributed by atoms with Gasteiger partial charge in [0.2, 0.25) is 17.7 Å². The zero-order valence-electron chi connectivity index (χ0n) is 22.1. The summed E-state index contributed by atoms with van der Waals surface area (Å²) in [4.78, 5) is 43.6. The normalized spacial score (nSPS) is 29.8. The average molecular weight is 615 g/mol. The molecule has 1 spiro atoms. The van der Waals surface area contributed by atoms with E-state index in [1.165, 1.54) is 0 Å². The number of aliphatic hydroxyl groups excluding tert-OH is 1. The van der Waals surface area contributed by atoms with Gasteiger partial charge in [0.25, 0.3) is 0 Å². The van der Waals surface area contributed by atoms with Gasteiger partial charge in [0.1, 0.15) is 6.04 Å². The molecule has 208 valence electrons. The van der Waals surface area contributed by atoms with Gasteiger partial charge in [-0.25, -0.2) is 0 Å². The third-order valence-electron chi connectivity index (χ3n) is 8.36. The van der Waals surface area contributed by atoms with Crippen LogP contribution in [0.1, 0.15) is 49.8 Å². The van der Waals surface area contributed by atoms with Crippen LogP contribution in [0.4, 0.5) is 0 Å². The Morgan fingerprint density at radius 2 is 1.77 bits per heavy atom. The number of halogens is 1. The number of benzene rings is 2. The van der Waals surface area contributed by atoms with Gasteiger partial charge in [0.15, 0.2) is 0 Å². The maximum Gasteiger partial charge on any atom is 0.244 e. The van der Waals surface area contributed by atoms with Gasteiger partial charge in [0, 0.05) is 23.2 Å². The Labute approximate surface area is 242 Å². The van der Waals surface area contributed by atoms with E-state index in [1.54, 1.807) is 16.7 Å². The van der Waals surface area contributed by atoms with Crippen LogP contribution in [0.2, 0.25) is 0 Å². The Balaban J connectivity index is 1.48. The highest BCUT2D eigenvalue weighted by Crippen LogP contribution is 2.68. The van der Waals surface area contributed by atoms with Crippen LogP contribution >= 0.6 is 27.7 Å². The number of nitrogens with one attached hydrogen (secondary N) is 2. The molecule has 3 fully saturated rings. The molecule has 9 heteroatoms. The first-order chi connectivity index (χ1) is 18.9. The molecule has 2 aromatic rings. The van der Waals surface area contributed by atoms with Crippen molar-refractivity contribution in [3.63, 3.8) is 0 Å². The summed E-state index contributed by atoms with van der Waals surface area (Å²) >= 11 is 5.42. The first-order valence-electron chi connectivity index (χ1n) is 13.8. The van der Waals surface area contributed by atoms with Crippen molar-refractivity contribution in [3.8, 4) is 0 Å². The van der Waals surface area contributed by atoms with Gasteiger partial charge in [-0.3, -0.25) is 14.4 Å². The molecule has 3 amide bonds. The van der Waals surface area contributed by atoms with Gasteiger partial charge < -0.3 is 20.6 Å². The maximum absolute atomic E-state index is 14.4. The quantitative estimate of drug-likeness (QED) is 0.264. The molecular weight excluding hydrogens is 578 g/mol. The van der Waals surface area contributed by atoms with E-state index in [2.05, 4.69) is 33.5 Å². The predicted octanol–water partition coefficient (Wildman–Crippen LogP) is 3.81. The van der Waals surface area contributed by atoms with Crippen LogP contribution in [0, 0.1) is 11.8 Å². The molecule has 3 aliphatic heterocycles. The summed E-state index contributed by atoms with van der Waals surface area (Å²) in [7, 11) is 0. The van der Waals surface area contributed by atoms with Crippen LogP contribution in [0.25, 0.3) is 0 Å². The van der Waals surface area contributed by atoms with Gasteiger partial charge in [-0.15, -0.1) is 11.8 Å². The fourth-order valence-corrected chi connectivity index (χ4v) is 10.2. The van der Waals surface area contributed by atoms with Crippen molar-refractivity contribution in [3.05, 3.63) is 71.8 Å². The van der Waals surface area contributed by atoms with Crippen molar-refractivity contribution >= 4 is 45.4 Å². The second kappa shape index (κ2) is 12.0.